The fraction of sp³-hybridized carbons (Fsp3) is 0.182. The summed E-state index contributed by atoms with van der Waals surface area (Å²) >= 11 is 1.68. The monoisotopic (exact) mass is 190 g/mol. The Morgan fingerprint density at radius 2 is 2.00 bits per heavy atom. The molecule has 0 saturated heterocycles. The Labute approximate surface area is 80.7 Å². The van der Waals surface area contributed by atoms with Crippen LogP contribution in [0.15, 0.2) is 29.1 Å². The molecule has 0 radical (unpaired) electrons. The zero-order valence-corrected chi connectivity index (χ0v) is 8.44. The smallest absolute Gasteiger partial charge is 0.188 e. The van der Waals surface area contributed by atoms with E-state index in [1.807, 2.05) is 32.0 Å². The van der Waals surface area contributed by atoms with E-state index >= 15 is 0 Å². The van der Waals surface area contributed by atoms with Gasteiger partial charge in [0, 0.05) is 15.0 Å². The van der Waals surface area contributed by atoms with Crippen molar-refractivity contribution in [2.75, 3.05) is 0 Å². The molecule has 66 valence electrons. The highest BCUT2D eigenvalue weighted by atomic mass is 32.1. The van der Waals surface area contributed by atoms with E-state index in [9.17, 15) is 4.79 Å². The molecule has 2 rings (SSSR count). The van der Waals surface area contributed by atoms with Gasteiger partial charge in [-0.25, -0.2) is 0 Å². The summed E-state index contributed by atoms with van der Waals surface area (Å²) in [4.78, 5) is 12.6. The summed E-state index contributed by atoms with van der Waals surface area (Å²) in [5, 5.41) is 0.843. The topological polar surface area (TPSA) is 17.1 Å². The van der Waals surface area contributed by atoms with E-state index in [4.69, 9.17) is 0 Å². The van der Waals surface area contributed by atoms with Gasteiger partial charge in [-0.05, 0) is 31.5 Å². The molecule has 13 heavy (non-hydrogen) atoms. The van der Waals surface area contributed by atoms with Crippen molar-refractivity contribution in [2.45, 2.75) is 13.8 Å². The zero-order chi connectivity index (χ0) is 9.42. The summed E-state index contributed by atoms with van der Waals surface area (Å²) in [7, 11) is 0. The molecular weight excluding hydrogens is 180 g/mol. The van der Waals surface area contributed by atoms with Crippen LogP contribution < -0.4 is 5.43 Å². The van der Waals surface area contributed by atoms with Crippen molar-refractivity contribution in [3.05, 3.63) is 44.9 Å². The predicted octanol–water partition coefficient (Wildman–Crippen LogP) is 2.88. The van der Waals surface area contributed by atoms with Crippen molar-refractivity contribution in [1.82, 2.24) is 0 Å². The molecule has 0 aliphatic heterocycles. The first-order chi connectivity index (χ1) is 6.18. The van der Waals surface area contributed by atoms with Crippen molar-refractivity contribution < 1.29 is 0 Å². The summed E-state index contributed by atoms with van der Waals surface area (Å²) in [6.07, 6.45) is 0. The maximum atomic E-state index is 11.6. The van der Waals surface area contributed by atoms with E-state index in [1.165, 1.54) is 5.56 Å². The normalized spacial score (nSPS) is 10.6. The van der Waals surface area contributed by atoms with Crippen LogP contribution in [0.25, 0.3) is 10.1 Å². The Hall–Kier alpha value is -1.15. The summed E-state index contributed by atoms with van der Waals surface area (Å²) in [5.74, 6) is 0. The van der Waals surface area contributed by atoms with E-state index < -0.39 is 0 Å². The second-order valence-corrected chi connectivity index (χ2v) is 4.43. The van der Waals surface area contributed by atoms with E-state index in [0.717, 1.165) is 15.0 Å². The lowest BCUT2D eigenvalue weighted by Gasteiger charge is -2.00. The Morgan fingerprint density at radius 3 is 2.77 bits per heavy atom. The largest absolute Gasteiger partial charge is 0.289 e. The fourth-order valence-electron chi connectivity index (χ4n) is 1.43. The van der Waals surface area contributed by atoms with Crippen molar-refractivity contribution in [3.8, 4) is 0 Å². The molecule has 0 unspecified atom stereocenters. The van der Waals surface area contributed by atoms with Crippen LogP contribution in [-0.4, -0.2) is 0 Å². The van der Waals surface area contributed by atoms with Crippen molar-refractivity contribution in [3.63, 3.8) is 0 Å². The van der Waals surface area contributed by atoms with Gasteiger partial charge in [0.1, 0.15) is 0 Å². The minimum Gasteiger partial charge on any atom is -0.289 e. The van der Waals surface area contributed by atoms with E-state index in [-0.39, 0.29) is 5.43 Å². The number of aryl methyl sites for hydroxylation is 2. The van der Waals surface area contributed by atoms with Crippen LogP contribution in [0.5, 0.6) is 0 Å². The quantitative estimate of drug-likeness (QED) is 0.624. The molecule has 2 aromatic rings. The molecule has 0 amide bonds. The summed E-state index contributed by atoms with van der Waals surface area (Å²) in [6.45, 7) is 4.01. The van der Waals surface area contributed by atoms with Crippen molar-refractivity contribution in [1.29, 1.82) is 0 Å². The lowest BCUT2D eigenvalue weighted by atomic mass is 10.2. The second kappa shape index (κ2) is 2.96. The Kier molecular flexibility index (Phi) is 1.93. The maximum Gasteiger partial charge on any atom is 0.188 e. The lowest BCUT2D eigenvalue weighted by Crippen LogP contribution is -1.98. The summed E-state index contributed by atoms with van der Waals surface area (Å²) in [6, 6.07) is 7.56. The Morgan fingerprint density at radius 1 is 1.23 bits per heavy atom. The fourth-order valence-corrected chi connectivity index (χ4v) is 2.43. The van der Waals surface area contributed by atoms with Crippen LogP contribution in [0, 0.1) is 13.8 Å². The standard InChI is InChI=1S/C11H10OS/c1-7-4-3-5-9-10(12)6-8(2)13-11(7)9/h3-6H,1-2H3. The van der Waals surface area contributed by atoms with Crippen LogP contribution in [0.1, 0.15) is 10.4 Å². The second-order valence-electron chi connectivity index (χ2n) is 3.17. The highest BCUT2D eigenvalue weighted by Crippen LogP contribution is 2.21. The SMILES string of the molecule is Cc1cc(=O)c2cccc(C)c2s1. The van der Waals surface area contributed by atoms with Gasteiger partial charge in [0.25, 0.3) is 0 Å². The zero-order valence-electron chi connectivity index (χ0n) is 7.63. The van der Waals surface area contributed by atoms with Gasteiger partial charge in [-0.1, -0.05) is 12.1 Å². The van der Waals surface area contributed by atoms with Crippen LogP contribution in [0.3, 0.4) is 0 Å². The van der Waals surface area contributed by atoms with Gasteiger partial charge in [0.05, 0.1) is 0 Å². The Bertz CT molecular complexity index is 511. The Balaban J connectivity index is 3.03. The summed E-state index contributed by atoms with van der Waals surface area (Å²) < 4.78 is 1.12. The first-order valence-corrected chi connectivity index (χ1v) is 5.00. The highest BCUT2D eigenvalue weighted by Gasteiger charge is 2.01. The van der Waals surface area contributed by atoms with Gasteiger partial charge in [-0.3, -0.25) is 4.79 Å². The number of benzene rings is 1. The van der Waals surface area contributed by atoms with Crippen LogP contribution in [-0.2, 0) is 0 Å². The molecule has 0 atom stereocenters. The number of hydrogen-bond acceptors (Lipinski definition) is 2. The third kappa shape index (κ3) is 1.38. The molecule has 1 nitrogen and oxygen atoms in total. The van der Waals surface area contributed by atoms with Crippen molar-refractivity contribution >= 4 is 21.4 Å². The van der Waals surface area contributed by atoms with Gasteiger partial charge >= 0.3 is 0 Å². The molecular formula is C11H10OS. The molecule has 1 heterocycles. The van der Waals surface area contributed by atoms with Gasteiger partial charge < -0.3 is 0 Å². The minimum absolute atomic E-state index is 0.134. The molecule has 0 aliphatic carbocycles. The molecule has 1 aromatic heterocycles. The van der Waals surface area contributed by atoms with E-state index in [0.29, 0.717) is 0 Å². The maximum absolute atomic E-state index is 11.6. The molecule has 0 spiro atoms. The van der Waals surface area contributed by atoms with Gasteiger partial charge in [0.2, 0.25) is 0 Å². The highest BCUT2D eigenvalue weighted by molar-refractivity contribution is 7.18. The molecule has 0 fully saturated rings. The van der Waals surface area contributed by atoms with Gasteiger partial charge in [-0.15, -0.1) is 11.3 Å². The van der Waals surface area contributed by atoms with Crippen molar-refractivity contribution in [2.24, 2.45) is 0 Å². The van der Waals surface area contributed by atoms with Crippen LogP contribution >= 0.6 is 11.3 Å². The third-order valence-electron chi connectivity index (χ3n) is 2.07. The van der Waals surface area contributed by atoms with E-state index in [1.54, 1.807) is 17.4 Å². The van der Waals surface area contributed by atoms with Crippen LogP contribution in [0.2, 0.25) is 0 Å². The molecule has 0 aliphatic rings. The van der Waals surface area contributed by atoms with Gasteiger partial charge in [0.15, 0.2) is 5.43 Å². The lowest BCUT2D eigenvalue weighted by molar-refractivity contribution is 1.52. The number of hydrogen-bond donors (Lipinski definition) is 0. The number of rotatable bonds is 0. The number of fused-ring (bicyclic) bond motifs is 1. The molecule has 1 aromatic carbocycles. The first-order valence-electron chi connectivity index (χ1n) is 4.18. The predicted molar refractivity (Wildman–Crippen MR) is 57.6 cm³/mol. The third-order valence-corrected chi connectivity index (χ3v) is 3.26. The molecule has 2 heteroatoms. The van der Waals surface area contributed by atoms with Gasteiger partial charge in [-0.2, -0.15) is 0 Å². The average Bonchev–Trinajstić information content (AvgIpc) is 2.07. The minimum atomic E-state index is 0.134. The first kappa shape index (κ1) is 8.45. The molecule has 0 saturated carbocycles. The molecule has 0 N–H and O–H groups in total. The summed E-state index contributed by atoms with van der Waals surface area (Å²) in [5.41, 5.74) is 1.32. The van der Waals surface area contributed by atoms with E-state index in [2.05, 4.69) is 0 Å². The van der Waals surface area contributed by atoms with Crippen LogP contribution in [0.4, 0.5) is 0 Å². The average molecular weight is 190 g/mol. The molecule has 0 bridgehead atoms.